The second kappa shape index (κ2) is 4.52. The molecule has 2 aromatic rings. The van der Waals surface area contributed by atoms with Gasteiger partial charge in [-0.15, -0.1) is 0 Å². The second-order valence-electron chi connectivity index (χ2n) is 5.07. The average molecular weight is 246 g/mol. The molecule has 18 heavy (non-hydrogen) atoms. The topological polar surface area (TPSA) is 47.2 Å². The first-order valence-corrected chi connectivity index (χ1v) is 6.59. The number of aryl methyl sites for hydroxylation is 1. The highest BCUT2D eigenvalue weighted by molar-refractivity contribution is 5.97. The van der Waals surface area contributed by atoms with Gasteiger partial charge in [0.15, 0.2) is 5.58 Å². The van der Waals surface area contributed by atoms with E-state index in [1.165, 1.54) is 19.3 Å². The Bertz CT molecular complexity index is 561. The highest BCUT2D eigenvalue weighted by Crippen LogP contribution is 2.21. The summed E-state index contributed by atoms with van der Waals surface area (Å²) >= 11 is 0. The van der Waals surface area contributed by atoms with Gasteiger partial charge >= 0.3 is 0 Å². The molecule has 2 aromatic heterocycles. The number of carbonyl (C=O) groups is 1. The minimum Gasteiger partial charge on any atom is -0.463 e. The fourth-order valence-electron chi connectivity index (χ4n) is 2.77. The van der Waals surface area contributed by atoms with Crippen molar-refractivity contribution in [3.05, 3.63) is 24.1 Å². The standard InChI is InChI=1S/C14H18N2O2/c1-16-11-7-8-18-13(11)9-12(16)14(17)15-10-5-3-2-4-6-10/h7-10H,2-6H2,1H3,(H,15,17). The maximum absolute atomic E-state index is 12.2. The van der Waals surface area contributed by atoms with Gasteiger partial charge in [-0.25, -0.2) is 0 Å². The number of hydrogen-bond acceptors (Lipinski definition) is 2. The van der Waals surface area contributed by atoms with Crippen LogP contribution in [0, 0.1) is 0 Å². The van der Waals surface area contributed by atoms with E-state index in [4.69, 9.17) is 4.42 Å². The normalized spacial score (nSPS) is 17.2. The maximum Gasteiger partial charge on any atom is 0.268 e. The van der Waals surface area contributed by atoms with E-state index >= 15 is 0 Å². The Kier molecular flexibility index (Phi) is 2.86. The smallest absolute Gasteiger partial charge is 0.268 e. The second-order valence-corrected chi connectivity index (χ2v) is 5.07. The van der Waals surface area contributed by atoms with Crippen LogP contribution in [0.15, 0.2) is 22.8 Å². The van der Waals surface area contributed by atoms with Crippen LogP contribution in [0.4, 0.5) is 0 Å². The predicted molar refractivity (Wildman–Crippen MR) is 69.5 cm³/mol. The third kappa shape index (κ3) is 1.92. The molecule has 96 valence electrons. The van der Waals surface area contributed by atoms with E-state index < -0.39 is 0 Å². The van der Waals surface area contributed by atoms with Crippen LogP contribution in [0.3, 0.4) is 0 Å². The van der Waals surface area contributed by atoms with E-state index in [1.807, 2.05) is 23.7 Å². The zero-order chi connectivity index (χ0) is 12.5. The lowest BCUT2D eigenvalue weighted by atomic mass is 9.95. The van der Waals surface area contributed by atoms with E-state index in [-0.39, 0.29) is 5.91 Å². The zero-order valence-electron chi connectivity index (χ0n) is 10.6. The van der Waals surface area contributed by atoms with Gasteiger partial charge in [-0.3, -0.25) is 4.79 Å². The van der Waals surface area contributed by atoms with E-state index in [0.29, 0.717) is 11.7 Å². The van der Waals surface area contributed by atoms with E-state index in [2.05, 4.69) is 5.32 Å². The van der Waals surface area contributed by atoms with Gasteiger partial charge in [0.05, 0.1) is 11.8 Å². The molecule has 3 rings (SSSR count). The van der Waals surface area contributed by atoms with E-state index in [0.717, 1.165) is 23.9 Å². The quantitative estimate of drug-likeness (QED) is 0.885. The number of rotatable bonds is 2. The van der Waals surface area contributed by atoms with Crippen molar-refractivity contribution < 1.29 is 9.21 Å². The summed E-state index contributed by atoms with van der Waals surface area (Å²) < 4.78 is 7.20. The molecule has 0 saturated heterocycles. The molecule has 0 radical (unpaired) electrons. The van der Waals surface area contributed by atoms with Crippen molar-refractivity contribution in [2.75, 3.05) is 0 Å². The first kappa shape index (κ1) is 11.4. The van der Waals surface area contributed by atoms with Gasteiger partial charge in [0.25, 0.3) is 5.91 Å². The molecule has 0 bridgehead atoms. The Morgan fingerprint density at radius 3 is 2.89 bits per heavy atom. The Hall–Kier alpha value is -1.71. The van der Waals surface area contributed by atoms with Crippen LogP contribution in [-0.2, 0) is 7.05 Å². The highest BCUT2D eigenvalue weighted by Gasteiger charge is 2.20. The van der Waals surface area contributed by atoms with Crippen molar-refractivity contribution in [1.82, 2.24) is 9.88 Å². The number of hydrogen-bond donors (Lipinski definition) is 1. The maximum atomic E-state index is 12.2. The molecule has 1 N–H and O–H groups in total. The molecule has 0 aromatic carbocycles. The third-order valence-corrected chi connectivity index (χ3v) is 3.84. The summed E-state index contributed by atoms with van der Waals surface area (Å²) in [5, 5.41) is 3.13. The Labute approximate surface area is 106 Å². The number of nitrogens with one attached hydrogen (secondary N) is 1. The number of fused-ring (bicyclic) bond motifs is 1. The molecule has 1 aliphatic carbocycles. The number of amides is 1. The summed E-state index contributed by atoms with van der Waals surface area (Å²) in [6.45, 7) is 0. The third-order valence-electron chi connectivity index (χ3n) is 3.84. The number of carbonyl (C=O) groups excluding carboxylic acids is 1. The van der Waals surface area contributed by atoms with Gasteiger partial charge < -0.3 is 14.3 Å². The summed E-state index contributed by atoms with van der Waals surface area (Å²) in [4.78, 5) is 12.2. The lowest BCUT2D eigenvalue weighted by molar-refractivity contribution is 0.0920. The molecule has 4 nitrogen and oxygen atoms in total. The van der Waals surface area contributed by atoms with Gasteiger partial charge in [-0.1, -0.05) is 19.3 Å². The van der Waals surface area contributed by atoms with Crippen molar-refractivity contribution in [2.45, 2.75) is 38.1 Å². The van der Waals surface area contributed by atoms with Crippen LogP contribution >= 0.6 is 0 Å². The van der Waals surface area contributed by atoms with Crippen molar-refractivity contribution in [1.29, 1.82) is 0 Å². The molecule has 2 heterocycles. The first-order valence-electron chi connectivity index (χ1n) is 6.59. The Morgan fingerprint density at radius 1 is 1.39 bits per heavy atom. The predicted octanol–water partition coefficient (Wildman–Crippen LogP) is 2.83. The van der Waals surface area contributed by atoms with Gasteiger partial charge in [-0.2, -0.15) is 0 Å². The fourth-order valence-corrected chi connectivity index (χ4v) is 2.77. The van der Waals surface area contributed by atoms with E-state index in [1.54, 1.807) is 6.26 Å². The average Bonchev–Trinajstić information content (AvgIpc) is 2.94. The lowest BCUT2D eigenvalue weighted by Crippen LogP contribution is -2.36. The van der Waals surface area contributed by atoms with Crippen LogP contribution in [0.2, 0.25) is 0 Å². The summed E-state index contributed by atoms with van der Waals surface area (Å²) in [7, 11) is 1.90. The molecule has 1 saturated carbocycles. The molecule has 1 fully saturated rings. The summed E-state index contributed by atoms with van der Waals surface area (Å²) in [6, 6.07) is 4.03. The molecule has 1 amide bonds. The Balaban J connectivity index is 1.78. The summed E-state index contributed by atoms with van der Waals surface area (Å²) in [5.41, 5.74) is 2.41. The molecule has 0 spiro atoms. The summed E-state index contributed by atoms with van der Waals surface area (Å²) in [5.74, 6) is 0.0100. The molecule has 0 unspecified atom stereocenters. The van der Waals surface area contributed by atoms with Crippen molar-refractivity contribution in [2.24, 2.45) is 7.05 Å². The largest absolute Gasteiger partial charge is 0.463 e. The number of aromatic nitrogens is 1. The number of nitrogens with zero attached hydrogens (tertiary/aromatic N) is 1. The minimum absolute atomic E-state index is 0.0100. The first-order chi connectivity index (χ1) is 8.75. The fraction of sp³-hybridized carbons (Fsp3) is 0.500. The molecular weight excluding hydrogens is 228 g/mol. The molecule has 1 aliphatic rings. The monoisotopic (exact) mass is 246 g/mol. The Morgan fingerprint density at radius 2 is 2.17 bits per heavy atom. The zero-order valence-corrected chi connectivity index (χ0v) is 10.6. The van der Waals surface area contributed by atoms with Gasteiger partial charge in [-0.05, 0) is 12.8 Å². The molecule has 4 heteroatoms. The van der Waals surface area contributed by atoms with Crippen LogP contribution in [0.1, 0.15) is 42.6 Å². The molecular formula is C14H18N2O2. The lowest BCUT2D eigenvalue weighted by Gasteiger charge is -2.22. The van der Waals surface area contributed by atoms with Gasteiger partial charge in [0.1, 0.15) is 5.69 Å². The minimum atomic E-state index is 0.0100. The van der Waals surface area contributed by atoms with Gasteiger partial charge in [0, 0.05) is 25.2 Å². The van der Waals surface area contributed by atoms with E-state index in [9.17, 15) is 4.79 Å². The SMILES string of the molecule is Cn1c(C(=O)NC2CCCCC2)cc2occc21. The summed E-state index contributed by atoms with van der Waals surface area (Å²) in [6.07, 6.45) is 7.59. The molecule has 0 atom stereocenters. The van der Waals surface area contributed by atoms with Crippen LogP contribution in [0.5, 0.6) is 0 Å². The van der Waals surface area contributed by atoms with Crippen LogP contribution < -0.4 is 5.32 Å². The van der Waals surface area contributed by atoms with Crippen LogP contribution in [0.25, 0.3) is 11.1 Å². The van der Waals surface area contributed by atoms with Crippen molar-refractivity contribution in [3.8, 4) is 0 Å². The van der Waals surface area contributed by atoms with Crippen LogP contribution in [-0.4, -0.2) is 16.5 Å². The van der Waals surface area contributed by atoms with Crippen molar-refractivity contribution in [3.63, 3.8) is 0 Å². The number of furan rings is 1. The highest BCUT2D eigenvalue weighted by atomic mass is 16.3. The van der Waals surface area contributed by atoms with Gasteiger partial charge in [0.2, 0.25) is 0 Å². The molecule has 0 aliphatic heterocycles. The van der Waals surface area contributed by atoms with Crippen molar-refractivity contribution >= 4 is 17.0 Å².